The summed E-state index contributed by atoms with van der Waals surface area (Å²) in [6, 6.07) is 0. The molecule has 0 aromatic carbocycles. The third-order valence-corrected chi connectivity index (χ3v) is 2.16. The van der Waals surface area contributed by atoms with Crippen molar-refractivity contribution in [2.24, 2.45) is 0 Å². The van der Waals surface area contributed by atoms with Crippen LogP contribution in [0, 0.1) is 0 Å². The third kappa shape index (κ3) is 1.25. The summed E-state index contributed by atoms with van der Waals surface area (Å²) in [7, 11) is 0. The highest BCUT2D eigenvalue weighted by Gasteiger charge is 2.42. The van der Waals surface area contributed by atoms with Crippen molar-refractivity contribution in [3.63, 3.8) is 0 Å². The van der Waals surface area contributed by atoms with Gasteiger partial charge < -0.3 is 9.84 Å². The van der Waals surface area contributed by atoms with Crippen LogP contribution in [0.3, 0.4) is 0 Å². The largest absolute Gasteiger partial charge is 0.387 e. The van der Waals surface area contributed by atoms with Gasteiger partial charge in [-0.1, -0.05) is 13.8 Å². The van der Waals surface area contributed by atoms with Crippen molar-refractivity contribution in [1.29, 1.82) is 0 Å². The lowest BCUT2D eigenvalue weighted by molar-refractivity contribution is 0.00452. The highest BCUT2D eigenvalue weighted by Crippen LogP contribution is 2.29. The quantitative estimate of drug-likeness (QED) is 0.576. The van der Waals surface area contributed by atoms with E-state index in [-0.39, 0.29) is 6.10 Å². The lowest BCUT2D eigenvalue weighted by Gasteiger charge is -2.21. The van der Waals surface area contributed by atoms with E-state index in [1.54, 1.807) is 0 Å². The molecule has 2 nitrogen and oxygen atoms in total. The molecule has 2 heteroatoms. The molecule has 0 aromatic heterocycles. The number of epoxide rings is 1. The molecule has 1 aliphatic heterocycles. The highest BCUT2D eigenvalue weighted by molar-refractivity contribution is 4.91. The minimum absolute atomic E-state index is 0.132. The molecule has 0 radical (unpaired) electrons. The molecule has 9 heavy (non-hydrogen) atoms. The van der Waals surface area contributed by atoms with Crippen molar-refractivity contribution in [2.75, 3.05) is 6.61 Å². The Hall–Kier alpha value is -0.0800. The number of hydrogen-bond donors (Lipinski definition) is 1. The van der Waals surface area contributed by atoms with Gasteiger partial charge in [-0.25, -0.2) is 0 Å². The molecule has 0 spiro atoms. The van der Waals surface area contributed by atoms with Gasteiger partial charge in [0.15, 0.2) is 0 Å². The molecule has 0 aliphatic carbocycles. The van der Waals surface area contributed by atoms with Gasteiger partial charge in [0.2, 0.25) is 0 Å². The molecule has 54 valence electrons. The SMILES string of the molecule is CCC(O)(CC)C1CO1. The third-order valence-electron chi connectivity index (χ3n) is 2.16. The van der Waals surface area contributed by atoms with E-state index in [0.29, 0.717) is 0 Å². The van der Waals surface area contributed by atoms with Crippen LogP contribution in [0.5, 0.6) is 0 Å². The molecule has 0 aromatic rings. The second kappa shape index (κ2) is 2.27. The Kier molecular flexibility index (Phi) is 1.78. The number of rotatable bonds is 3. The first-order chi connectivity index (χ1) is 4.23. The van der Waals surface area contributed by atoms with Crippen LogP contribution in [0.1, 0.15) is 26.7 Å². The Balaban J connectivity index is 2.43. The predicted octanol–water partition coefficient (Wildman–Crippen LogP) is 0.936. The zero-order chi connectivity index (χ0) is 6.91. The van der Waals surface area contributed by atoms with Crippen LogP contribution in [-0.2, 0) is 4.74 Å². The topological polar surface area (TPSA) is 32.8 Å². The molecule has 1 unspecified atom stereocenters. The first kappa shape index (κ1) is 7.03. The van der Waals surface area contributed by atoms with E-state index >= 15 is 0 Å². The summed E-state index contributed by atoms with van der Waals surface area (Å²) in [5.41, 5.74) is -0.528. The standard InChI is InChI=1S/C7H14O2/c1-3-7(8,4-2)6-5-9-6/h6,8H,3-5H2,1-2H3. The number of hydrogen-bond acceptors (Lipinski definition) is 2. The monoisotopic (exact) mass is 130 g/mol. The van der Waals surface area contributed by atoms with E-state index in [1.807, 2.05) is 13.8 Å². The molecule has 1 N–H and O–H groups in total. The Morgan fingerprint density at radius 3 is 2.11 bits per heavy atom. The summed E-state index contributed by atoms with van der Waals surface area (Å²) in [5.74, 6) is 0. The Labute approximate surface area is 55.8 Å². The van der Waals surface area contributed by atoms with E-state index in [9.17, 15) is 5.11 Å². The Morgan fingerprint density at radius 2 is 2.00 bits per heavy atom. The molecule has 1 saturated heterocycles. The molecule has 0 amide bonds. The smallest absolute Gasteiger partial charge is 0.110 e. The van der Waals surface area contributed by atoms with Crippen LogP contribution in [-0.4, -0.2) is 23.4 Å². The van der Waals surface area contributed by atoms with Crippen molar-refractivity contribution in [3.05, 3.63) is 0 Å². The molecule has 0 saturated carbocycles. The van der Waals surface area contributed by atoms with E-state index in [4.69, 9.17) is 4.74 Å². The minimum Gasteiger partial charge on any atom is -0.387 e. The van der Waals surface area contributed by atoms with Gasteiger partial charge in [0.25, 0.3) is 0 Å². The van der Waals surface area contributed by atoms with E-state index < -0.39 is 5.60 Å². The fraction of sp³-hybridized carbons (Fsp3) is 1.00. The van der Waals surface area contributed by atoms with Crippen LogP contribution < -0.4 is 0 Å². The van der Waals surface area contributed by atoms with Crippen molar-refractivity contribution in [3.8, 4) is 0 Å². The number of ether oxygens (including phenoxy) is 1. The highest BCUT2D eigenvalue weighted by atomic mass is 16.6. The van der Waals surface area contributed by atoms with E-state index in [1.165, 1.54) is 0 Å². The van der Waals surface area contributed by atoms with E-state index in [2.05, 4.69) is 0 Å². The first-order valence-corrected chi connectivity index (χ1v) is 3.57. The van der Waals surface area contributed by atoms with Crippen LogP contribution >= 0.6 is 0 Å². The molecule has 1 aliphatic rings. The van der Waals surface area contributed by atoms with Gasteiger partial charge in [0, 0.05) is 0 Å². The maximum atomic E-state index is 9.64. The minimum atomic E-state index is -0.528. The summed E-state index contributed by atoms with van der Waals surface area (Å²) in [6.07, 6.45) is 1.73. The average Bonchev–Trinajstić information content (AvgIpc) is 2.68. The van der Waals surface area contributed by atoms with Crippen LogP contribution in [0.15, 0.2) is 0 Å². The molecule has 1 atom stereocenters. The molecule has 0 bridgehead atoms. The Bertz CT molecular complexity index is 93.1. The molecule has 1 rings (SSSR count). The summed E-state index contributed by atoms with van der Waals surface area (Å²) < 4.78 is 5.01. The average molecular weight is 130 g/mol. The van der Waals surface area contributed by atoms with Crippen molar-refractivity contribution < 1.29 is 9.84 Å². The normalized spacial score (nSPS) is 26.3. The van der Waals surface area contributed by atoms with Crippen LogP contribution in [0.4, 0.5) is 0 Å². The van der Waals surface area contributed by atoms with Gasteiger partial charge in [-0.3, -0.25) is 0 Å². The van der Waals surface area contributed by atoms with Crippen molar-refractivity contribution in [2.45, 2.75) is 38.4 Å². The first-order valence-electron chi connectivity index (χ1n) is 3.57. The second-order valence-electron chi connectivity index (χ2n) is 2.63. The fourth-order valence-electron chi connectivity index (χ4n) is 1.06. The maximum Gasteiger partial charge on any atom is 0.110 e. The van der Waals surface area contributed by atoms with Crippen molar-refractivity contribution in [1.82, 2.24) is 0 Å². The molecular weight excluding hydrogens is 116 g/mol. The lowest BCUT2D eigenvalue weighted by atomic mass is 9.94. The summed E-state index contributed by atoms with van der Waals surface area (Å²) in [6.45, 7) is 4.73. The molecule has 1 heterocycles. The summed E-state index contributed by atoms with van der Waals surface area (Å²) in [5, 5.41) is 9.64. The number of aliphatic hydroxyl groups is 1. The van der Waals surface area contributed by atoms with Gasteiger partial charge in [0.05, 0.1) is 12.2 Å². The van der Waals surface area contributed by atoms with Crippen LogP contribution in [0.25, 0.3) is 0 Å². The lowest BCUT2D eigenvalue weighted by Crippen LogP contribution is -2.33. The Morgan fingerprint density at radius 1 is 1.56 bits per heavy atom. The van der Waals surface area contributed by atoms with Gasteiger partial charge in [0.1, 0.15) is 6.10 Å². The van der Waals surface area contributed by atoms with Gasteiger partial charge in [-0.2, -0.15) is 0 Å². The summed E-state index contributed by atoms with van der Waals surface area (Å²) in [4.78, 5) is 0. The zero-order valence-electron chi connectivity index (χ0n) is 6.05. The summed E-state index contributed by atoms with van der Waals surface area (Å²) >= 11 is 0. The van der Waals surface area contributed by atoms with Gasteiger partial charge in [-0.05, 0) is 12.8 Å². The fourth-order valence-corrected chi connectivity index (χ4v) is 1.06. The second-order valence-corrected chi connectivity index (χ2v) is 2.63. The van der Waals surface area contributed by atoms with Gasteiger partial charge >= 0.3 is 0 Å². The van der Waals surface area contributed by atoms with E-state index in [0.717, 1.165) is 19.4 Å². The molecule has 1 fully saturated rings. The molecular formula is C7H14O2. The van der Waals surface area contributed by atoms with Crippen molar-refractivity contribution >= 4 is 0 Å². The zero-order valence-corrected chi connectivity index (χ0v) is 6.05. The van der Waals surface area contributed by atoms with Gasteiger partial charge in [-0.15, -0.1) is 0 Å². The predicted molar refractivity (Wildman–Crippen MR) is 35.3 cm³/mol. The van der Waals surface area contributed by atoms with Crippen LogP contribution in [0.2, 0.25) is 0 Å². The maximum absolute atomic E-state index is 9.64.